The van der Waals surface area contributed by atoms with Crippen molar-refractivity contribution in [3.63, 3.8) is 0 Å². The Kier molecular flexibility index (Phi) is 6.05. The van der Waals surface area contributed by atoms with E-state index in [0.717, 1.165) is 0 Å². The molecule has 0 amide bonds. The number of aliphatic hydroxyl groups excluding tert-OH is 1. The molecule has 0 fully saturated rings. The molecule has 0 aromatic rings. The average Bonchev–Trinajstić information content (AvgIpc) is 1.98. The van der Waals surface area contributed by atoms with Gasteiger partial charge >= 0.3 is 5.97 Å². The average molecular weight is 150 g/mol. The van der Waals surface area contributed by atoms with Crippen molar-refractivity contribution in [2.75, 3.05) is 27.3 Å². The first-order valence-corrected chi connectivity index (χ1v) is 2.64. The van der Waals surface area contributed by atoms with Gasteiger partial charge in [-0.1, -0.05) is 0 Å². The van der Waals surface area contributed by atoms with Crippen LogP contribution in [0.1, 0.15) is 0 Å². The van der Waals surface area contributed by atoms with Gasteiger partial charge in [0, 0.05) is 7.11 Å². The summed E-state index contributed by atoms with van der Waals surface area (Å²) >= 11 is 0. The summed E-state index contributed by atoms with van der Waals surface area (Å²) in [6.45, 7) is -0.748. The van der Waals surface area contributed by atoms with Crippen LogP contribution in [-0.4, -0.2) is 38.4 Å². The molecule has 0 heterocycles. The second kappa shape index (κ2) is 6.47. The quantitative estimate of drug-likeness (QED) is 0.312. The van der Waals surface area contributed by atoms with E-state index >= 15 is 0 Å². The van der Waals surface area contributed by atoms with Crippen molar-refractivity contribution in [3.05, 3.63) is 0 Å². The summed E-state index contributed by atoms with van der Waals surface area (Å²) in [4.78, 5) is 10.2. The molecule has 0 saturated carbocycles. The predicted octanol–water partition coefficient (Wildman–Crippen LogP) is -0.900. The first-order valence-electron chi connectivity index (χ1n) is 2.64. The van der Waals surface area contributed by atoms with Gasteiger partial charge in [-0.15, -0.1) is 0 Å². The third kappa shape index (κ3) is 5.49. The molecule has 1 N–H and O–H groups in total. The fraction of sp³-hybridized carbons (Fsp3) is 0.800. The molecular formula is C5H10O5. The van der Waals surface area contributed by atoms with Crippen LogP contribution in [0, 0.1) is 0 Å². The molecule has 5 heteroatoms. The van der Waals surface area contributed by atoms with E-state index in [9.17, 15) is 4.79 Å². The second-order valence-electron chi connectivity index (χ2n) is 1.40. The molecule has 0 rings (SSSR count). The van der Waals surface area contributed by atoms with Gasteiger partial charge in [-0.3, -0.25) is 0 Å². The molecule has 5 nitrogen and oxygen atoms in total. The van der Waals surface area contributed by atoms with Crippen LogP contribution in [0.25, 0.3) is 0 Å². The number of methoxy groups -OCH3 is 1. The normalized spacial score (nSPS) is 9.40. The van der Waals surface area contributed by atoms with Crippen LogP contribution in [-0.2, 0) is 19.0 Å². The van der Waals surface area contributed by atoms with Crippen LogP contribution < -0.4 is 0 Å². The molecule has 0 aliphatic carbocycles. The lowest BCUT2D eigenvalue weighted by atomic mass is 10.7. The van der Waals surface area contributed by atoms with Gasteiger partial charge in [0.1, 0.15) is 13.4 Å². The highest BCUT2D eigenvalue weighted by Crippen LogP contribution is 1.79. The molecule has 0 aliphatic rings. The summed E-state index contributed by atoms with van der Waals surface area (Å²) in [5.74, 6) is -0.712. The van der Waals surface area contributed by atoms with Gasteiger partial charge < -0.3 is 19.3 Å². The van der Waals surface area contributed by atoms with Crippen molar-refractivity contribution >= 4 is 5.97 Å². The molecule has 0 saturated heterocycles. The summed E-state index contributed by atoms with van der Waals surface area (Å²) in [5, 5.41) is 8.13. The standard InChI is InChI=1S/C5H10O5/c1-8-3-9-4-10-5(7)2-6/h6H,2-4H2,1H3. The molecule has 0 aromatic carbocycles. The molecule has 0 aromatic heterocycles. The monoisotopic (exact) mass is 150 g/mol. The van der Waals surface area contributed by atoms with Crippen molar-refractivity contribution < 1.29 is 24.1 Å². The zero-order chi connectivity index (χ0) is 7.82. The van der Waals surface area contributed by atoms with Gasteiger partial charge in [0.25, 0.3) is 0 Å². The van der Waals surface area contributed by atoms with Crippen molar-refractivity contribution in [2.45, 2.75) is 0 Å². The fourth-order valence-electron chi connectivity index (χ4n) is 0.270. The highest BCUT2D eigenvalue weighted by Gasteiger charge is 1.96. The van der Waals surface area contributed by atoms with Crippen LogP contribution in [0.2, 0.25) is 0 Å². The maximum atomic E-state index is 10.2. The van der Waals surface area contributed by atoms with Crippen LogP contribution in [0.5, 0.6) is 0 Å². The molecule has 0 spiro atoms. The molecule has 0 unspecified atom stereocenters. The Balaban J connectivity index is 2.96. The van der Waals surface area contributed by atoms with Crippen LogP contribution in [0.3, 0.4) is 0 Å². The number of esters is 1. The van der Waals surface area contributed by atoms with E-state index in [4.69, 9.17) is 5.11 Å². The van der Waals surface area contributed by atoms with E-state index in [1.54, 1.807) is 0 Å². The Morgan fingerprint density at radius 1 is 1.50 bits per heavy atom. The Morgan fingerprint density at radius 3 is 2.70 bits per heavy atom. The van der Waals surface area contributed by atoms with E-state index in [0.29, 0.717) is 0 Å². The van der Waals surface area contributed by atoms with Crippen molar-refractivity contribution in [3.8, 4) is 0 Å². The molecule has 0 aliphatic heterocycles. The molecule has 0 atom stereocenters. The Labute approximate surface area is 58.5 Å². The predicted molar refractivity (Wildman–Crippen MR) is 31.0 cm³/mol. The minimum absolute atomic E-state index is 0.0682. The SMILES string of the molecule is COCOCOC(=O)CO. The second-order valence-corrected chi connectivity index (χ2v) is 1.40. The molecular weight excluding hydrogens is 140 g/mol. The number of hydrogen-bond donors (Lipinski definition) is 1. The molecule has 0 bridgehead atoms. The smallest absolute Gasteiger partial charge is 0.333 e. The topological polar surface area (TPSA) is 65.0 Å². The third-order valence-corrected chi connectivity index (χ3v) is 0.634. The van der Waals surface area contributed by atoms with Gasteiger partial charge in [0.05, 0.1) is 0 Å². The number of ether oxygens (including phenoxy) is 3. The summed E-state index contributed by atoms with van der Waals surface area (Å²) in [7, 11) is 1.45. The largest absolute Gasteiger partial charge is 0.437 e. The Bertz CT molecular complexity index is 92.0. The van der Waals surface area contributed by atoms with E-state index in [2.05, 4.69) is 14.2 Å². The maximum Gasteiger partial charge on any atom is 0.333 e. The van der Waals surface area contributed by atoms with Gasteiger partial charge in [-0.25, -0.2) is 4.79 Å². The number of carbonyl (C=O) groups excluding carboxylic acids is 1. The fourth-order valence-corrected chi connectivity index (χ4v) is 0.270. The van der Waals surface area contributed by atoms with Gasteiger partial charge in [-0.05, 0) is 0 Å². The van der Waals surface area contributed by atoms with Crippen LogP contribution in [0.15, 0.2) is 0 Å². The first-order chi connectivity index (χ1) is 4.81. The summed E-state index contributed by atoms with van der Waals surface area (Å²) < 4.78 is 13.4. The van der Waals surface area contributed by atoms with E-state index in [1.807, 2.05) is 0 Å². The van der Waals surface area contributed by atoms with E-state index in [1.165, 1.54) is 7.11 Å². The van der Waals surface area contributed by atoms with Gasteiger partial charge in [0.2, 0.25) is 0 Å². The van der Waals surface area contributed by atoms with Crippen molar-refractivity contribution in [1.29, 1.82) is 0 Å². The van der Waals surface area contributed by atoms with E-state index < -0.39 is 12.6 Å². The van der Waals surface area contributed by atoms with Crippen molar-refractivity contribution in [2.24, 2.45) is 0 Å². The Hall–Kier alpha value is -0.650. The third-order valence-electron chi connectivity index (χ3n) is 0.634. The minimum Gasteiger partial charge on any atom is -0.437 e. The summed E-state index contributed by atoms with van der Waals surface area (Å²) in [6.07, 6.45) is 0. The zero-order valence-electron chi connectivity index (χ0n) is 5.70. The lowest BCUT2D eigenvalue weighted by Crippen LogP contribution is -2.12. The number of rotatable bonds is 5. The maximum absolute atomic E-state index is 10.2. The number of carbonyl (C=O) groups is 1. The lowest BCUT2D eigenvalue weighted by molar-refractivity contribution is -0.168. The van der Waals surface area contributed by atoms with Crippen LogP contribution >= 0.6 is 0 Å². The summed E-state index contributed by atoms with van der Waals surface area (Å²) in [5.41, 5.74) is 0. The number of hydrogen-bond acceptors (Lipinski definition) is 5. The van der Waals surface area contributed by atoms with Crippen LogP contribution in [0.4, 0.5) is 0 Å². The highest BCUT2D eigenvalue weighted by molar-refractivity contribution is 5.70. The minimum atomic E-state index is -0.712. The molecule has 10 heavy (non-hydrogen) atoms. The molecule has 0 radical (unpaired) electrons. The highest BCUT2D eigenvalue weighted by atomic mass is 16.7. The van der Waals surface area contributed by atoms with E-state index in [-0.39, 0.29) is 13.6 Å². The van der Waals surface area contributed by atoms with Gasteiger partial charge in [-0.2, -0.15) is 0 Å². The Morgan fingerprint density at radius 2 is 2.20 bits per heavy atom. The zero-order valence-corrected chi connectivity index (χ0v) is 5.70. The number of aliphatic hydroxyl groups is 1. The van der Waals surface area contributed by atoms with Crippen molar-refractivity contribution in [1.82, 2.24) is 0 Å². The van der Waals surface area contributed by atoms with Gasteiger partial charge in [0.15, 0.2) is 6.79 Å². The lowest BCUT2D eigenvalue weighted by Gasteiger charge is -2.02. The summed E-state index contributed by atoms with van der Waals surface area (Å²) in [6, 6.07) is 0. The first kappa shape index (κ1) is 9.35. The molecule has 60 valence electrons.